The van der Waals surface area contributed by atoms with Gasteiger partial charge in [0.25, 0.3) is 0 Å². The van der Waals surface area contributed by atoms with Crippen LogP contribution in [0.4, 0.5) is 0 Å². The first-order chi connectivity index (χ1) is 8.58. The van der Waals surface area contributed by atoms with Crippen LogP contribution in [-0.2, 0) is 4.74 Å². The zero-order valence-corrected chi connectivity index (χ0v) is 11.6. The molecule has 0 spiro atoms. The summed E-state index contributed by atoms with van der Waals surface area (Å²) in [6, 6.07) is 10.4. The monoisotopic (exact) mass is 246 g/mol. The molecule has 0 aliphatic rings. The van der Waals surface area contributed by atoms with Gasteiger partial charge in [-0.05, 0) is 30.5 Å². The molecular weight excluding hydrogens is 224 g/mol. The smallest absolute Gasteiger partial charge is 0.0991 e. The van der Waals surface area contributed by atoms with Crippen molar-refractivity contribution >= 4 is 0 Å². The van der Waals surface area contributed by atoms with Gasteiger partial charge in [0.1, 0.15) is 0 Å². The molecule has 18 heavy (non-hydrogen) atoms. The summed E-state index contributed by atoms with van der Waals surface area (Å²) in [7, 11) is 1.73. The Bertz CT molecular complexity index is 392. The minimum atomic E-state index is 0.250. The molecule has 2 atom stereocenters. The van der Waals surface area contributed by atoms with Crippen LogP contribution in [-0.4, -0.2) is 19.8 Å². The maximum atomic E-state index is 8.77. The third-order valence-corrected chi connectivity index (χ3v) is 3.15. The Kier molecular flexibility index (Phi) is 5.84. The Hall–Kier alpha value is -1.37. The second-order valence-corrected chi connectivity index (χ2v) is 4.93. The summed E-state index contributed by atoms with van der Waals surface area (Å²) in [4.78, 5) is 0. The number of hydrogen-bond donors (Lipinski definition) is 1. The maximum Gasteiger partial charge on any atom is 0.0991 e. The maximum absolute atomic E-state index is 8.77. The minimum Gasteiger partial charge on any atom is -0.383 e. The van der Waals surface area contributed by atoms with Crippen LogP contribution in [0.25, 0.3) is 0 Å². The van der Waals surface area contributed by atoms with E-state index in [0.717, 1.165) is 0 Å². The van der Waals surface area contributed by atoms with Gasteiger partial charge in [-0.1, -0.05) is 26.0 Å². The lowest BCUT2D eigenvalue weighted by Gasteiger charge is -2.26. The second-order valence-electron chi connectivity index (χ2n) is 4.93. The van der Waals surface area contributed by atoms with Gasteiger partial charge in [0.2, 0.25) is 0 Å². The van der Waals surface area contributed by atoms with Crippen LogP contribution in [0.15, 0.2) is 24.3 Å². The summed E-state index contributed by atoms with van der Waals surface area (Å²) in [6.07, 6.45) is 0. The van der Waals surface area contributed by atoms with E-state index in [1.807, 2.05) is 24.3 Å². The van der Waals surface area contributed by atoms with E-state index in [1.165, 1.54) is 5.56 Å². The van der Waals surface area contributed by atoms with Crippen molar-refractivity contribution in [2.24, 2.45) is 5.92 Å². The molecule has 1 N–H and O–H groups in total. The molecule has 1 aromatic carbocycles. The van der Waals surface area contributed by atoms with Crippen molar-refractivity contribution in [1.29, 1.82) is 5.26 Å². The van der Waals surface area contributed by atoms with E-state index in [-0.39, 0.29) is 6.04 Å². The summed E-state index contributed by atoms with van der Waals surface area (Å²) in [5.41, 5.74) is 1.89. The third-order valence-electron chi connectivity index (χ3n) is 3.15. The molecule has 0 aliphatic heterocycles. The van der Waals surface area contributed by atoms with Gasteiger partial charge < -0.3 is 10.1 Å². The van der Waals surface area contributed by atoms with Crippen LogP contribution in [0, 0.1) is 17.2 Å². The van der Waals surface area contributed by atoms with Crippen molar-refractivity contribution in [3.05, 3.63) is 35.4 Å². The first kappa shape index (κ1) is 14.7. The van der Waals surface area contributed by atoms with Crippen LogP contribution in [0.2, 0.25) is 0 Å². The van der Waals surface area contributed by atoms with Crippen molar-refractivity contribution in [2.75, 3.05) is 13.7 Å². The molecule has 0 saturated carbocycles. The number of rotatable bonds is 6. The van der Waals surface area contributed by atoms with E-state index in [2.05, 4.69) is 32.2 Å². The molecule has 0 fully saturated rings. The van der Waals surface area contributed by atoms with Gasteiger partial charge in [0, 0.05) is 19.2 Å². The minimum absolute atomic E-state index is 0.250. The van der Waals surface area contributed by atoms with Gasteiger partial charge in [0.05, 0.1) is 18.2 Å². The molecule has 1 aromatic rings. The molecule has 3 nitrogen and oxygen atoms in total. The predicted octanol–water partition coefficient (Wildman–Crippen LogP) is 2.88. The molecule has 98 valence electrons. The third kappa shape index (κ3) is 4.14. The molecule has 0 aromatic heterocycles. The number of benzene rings is 1. The SMILES string of the molecule is COCC(NC(C)c1ccc(C#N)cc1)C(C)C. The molecule has 0 bridgehead atoms. The van der Waals surface area contributed by atoms with E-state index in [1.54, 1.807) is 7.11 Å². The second kappa shape index (κ2) is 7.15. The fourth-order valence-corrected chi connectivity index (χ4v) is 1.88. The Morgan fingerprint density at radius 2 is 1.83 bits per heavy atom. The largest absolute Gasteiger partial charge is 0.383 e. The lowest BCUT2D eigenvalue weighted by Crippen LogP contribution is -2.39. The molecule has 1 rings (SSSR count). The van der Waals surface area contributed by atoms with Gasteiger partial charge in [-0.3, -0.25) is 0 Å². The van der Waals surface area contributed by atoms with Gasteiger partial charge >= 0.3 is 0 Å². The number of hydrogen-bond acceptors (Lipinski definition) is 3. The van der Waals surface area contributed by atoms with E-state index in [4.69, 9.17) is 10.00 Å². The number of nitrogens with zero attached hydrogens (tertiary/aromatic N) is 1. The quantitative estimate of drug-likeness (QED) is 0.839. The van der Waals surface area contributed by atoms with Gasteiger partial charge in [-0.25, -0.2) is 0 Å². The average Bonchev–Trinajstić information content (AvgIpc) is 2.38. The van der Waals surface area contributed by atoms with Crippen LogP contribution < -0.4 is 5.32 Å². The zero-order valence-electron chi connectivity index (χ0n) is 11.6. The fourth-order valence-electron chi connectivity index (χ4n) is 1.88. The Balaban J connectivity index is 2.68. The molecule has 0 radical (unpaired) electrons. The highest BCUT2D eigenvalue weighted by Crippen LogP contribution is 2.16. The van der Waals surface area contributed by atoms with Crippen molar-refractivity contribution in [3.8, 4) is 6.07 Å². The highest BCUT2D eigenvalue weighted by atomic mass is 16.5. The number of nitriles is 1. The lowest BCUT2D eigenvalue weighted by atomic mass is 10.0. The number of methoxy groups -OCH3 is 1. The molecule has 0 aliphatic carbocycles. The summed E-state index contributed by atoms with van der Waals surface area (Å²) >= 11 is 0. The molecular formula is C15H22N2O. The van der Waals surface area contributed by atoms with Crippen molar-refractivity contribution in [3.63, 3.8) is 0 Å². The normalized spacial score (nSPS) is 14.2. The van der Waals surface area contributed by atoms with E-state index in [9.17, 15) is 0 Å². The first-order valence-corrected chi connectivity index (χ1v) is 6.33. The Morgan fingerprint density at radius 3 is 2.28 bits per heavy atom. The number of nitrogens with one attached hydrogen (secondary N) is 1. The van der Waals surface area contributed by atoms with Crippen molar-refractivity contribution in [1.82, 2.24) is 5.32 Å². The topological polar surface area (TPSA) is 45.0 Å². The first-order valence-electron chi connectivity index (χ1n) is 6.33. The van der Waals surface area contributed by atoms with Crippen molar-refractivity contribution < 1.29 is 4.74 Å². The van der Waals surface area contributed by atoms with Gasteiger partial charge in [-0.15, -0.1) is 0 Å². The predicted molar refractivity (Wildman–Crippen MR) is 73.2 cm³/mol. The Labute approximate surface area is 110 Å². The number of ether oxygens (including phenoxy) is 1. The fraction of sp³-hybridized carbons (Fsp3) is 0.533. The van der Waals surface area contributed by atoms with Crippen LogP contribution in [0.5, 0.6) is 0 Å². The molecule has 0 heterocycles. The van der Waals surface area contributed by atoms with E-state index >= 15 is 0 Å². The summed E-state index contributed by atoms with van der Waals surface area (Å²) < 4.78 is 5.23. The molecule has 2 unspecified atom stereocenters. The van der Waals surface area contributed by atoms with E-state index < -0.39 is 0 Å². The summed E-state index contributed by atoms with van der Waals surface area (Å²) in [5, 5.41) is 12.3. The molecule has 0 amide bonds. The zero-order chi connectivity index (χ0) is 13.5. The van der Waals surface area contributed by atoms with Crippen LogP contribution >= 0.6 is 0 Å². The standard InChI is InChI=1S/C15H22N2O/c1-11(2)15(10-18-4)17-12(3)14-7-5-13(9-16)6-8-14/h5-8,11-12,15,17H,10H2,1-4H3. The van der Waals surface area contributed by atoms with Crippen molar-refractivity contribution in [2.45, 2.75) is 32.9 Å². The van der Waals surface area contributed by atoms with Gasteiger partial charge in [-0.2, -0.15) is 5.26 Å². The molecule has 0 saturated heterocycles. The average molecular weight is 246 g/mol. The molecule has 3 heteroatoms. The van der Waals surface area contributed by atoms with Gasteiger partial charge in [0.15, 0.2) is 0 Å². The summed E-state index contributed by atoms with van der Waals surface area (Å²) in [6.45, 7) is 7.20. The van der Waals surface area contributed by atoms with Crippen LogP contribution in [0.3, 0.4) is 0 Å². The van der Waals surface area contributed by atoms with Crippen LogP contribution in [0.1, 0.15) is 37.9 Å². The lowest BCUT2D eigenvalue weighted by molar-refractivity contribution is 0.141. The highest BCUT2D eigenvalue weighted by molar-refractivity contribution is 5.32. The highest BCUT2D eigenvalue weighted by Gasteiger charge is 2.16. The Morgan fingerprint density at radius 1 is 1.22 bits per heavy atom. The van der Waals surface area contributed by atoms with E-state index in [0.29, 0.717) is 24.1 Å². The summed E-state index contributed by atoms with van der Waals surface area (Å²) in [5.74, 6) is 0.519.